The first kappa shape index (κ1) is 17.8. The summed E-state index contributed by atoms with van der Waals surface area (Å²) in [4.78, 5) is 4.12. The predicted molar refractivity (Wildman–Crippen MR) is 113 cm³/mol. The van der Waals surface area contributed by atoms with Crippen molar-refractivity contribution in [3.63, 3.8) is 0 Å². The Bertz CT molecular complexity index is 1270. The Kier molecular flexibility index (Phi) is 3.87. The third-order valence-electron chi connectivity index (χ3n) is 6.55. The SMILES string of the molecule is FC(F)n1c2ccncc2c2ccc(-c3ccc4c(c3)CC3(CCNCC3)O4)cc21. The molecule has 0 atom stereocenters. The molecule has 4 nitrogen and oxygen atoms in total. The van der Waals surface area contributed by atoms with Crippen molar-refractivity contribution in [3.8, 4) is 16.9 Å². The molecule has 1 spiro atoms. The summed E-state index contributed by atoms with van der Waals surface area (Å²) in [7, 11) is 0. The van der Waals surface area contributed by atoms with Crippen molar-refractivity contribution < 1.29 is 13.5 Å². The second-order valence-electron chi connectivity index (χ2n) is 8.31. The largest absolute Gasteiger partial charge is 0.487 e. The number of halogens is 2. The molecular formula is C24H21F2N3O. The Hall–Kier alpha value is -2.99. The van der Waals surface area contributed by atoms with Gasteiger partial charge in [-0.2, -0.15) is 8.78 Å². The van der Waals surface area contributed by atoms with Crippen LogP contribution in [-0.2, 0) is 6.42 Å². The second-order valence-corrected chi connectivity index (χ2v) is 8.31. The maximum absolute atomic E-state index is 13.9. The van der Waals surface area contributed by atoms with Crippen molar-refractivity contribution in [2.24, 2.45) is 0 Å². The van der Waals surface area contributed by atoms with E-state index in [4.69, 9.17) is 4.74 Å². The Morgan fingerprint density at radius 3 is 2.60 bits per heavy atom. The molecule has 2 aromatic heterocycles. The second kappa shape index (κ2) is 6.51. The first-order valence-corrected chi connectivity index (χ1v) is 10.3. The summed E-state index contributed by atoms with van der Waals surface area (Å²) in [5.74, 6) is 0.953. The number of fused-ring (bicyclic) bond motifs is 4. The highest BCUT2D eigenvalue weighted by molar-refractivity contribution is 6.08. The first-order chi connectivity index (χ1) is 14.6. The first-order valence-electron chi connectivity index (χ1n) is 10.3. The van der Waals surface area contributed by atoms with Crippen molar-refractivity contribution in [1.29, 1.82) is 0 Å². The number of aromatic nitrogens is 2. The van der Waals surface area contributed by atoms with Crippen molar-refractivity contribution in [3.05, 3.63) is 60.4 Å². The minimum atomic E-state index is -2.61. The summed E-state index contributed by atoms with van der Waals surface area (Å²) in [5, 5.41) is 4.93. The summed E-state index contributed by atoms with van der Waals surface area (Å²) in [6.07, 6.45) is 6.12. The topological polar surface area (TPSA) is 39.1 Å². The highest BCUT2D eigenvalue weighted by Gasteiger charge is 2.40. The zero-order valence-corrected chi connectivity index (χ0v) is 16.4. The summed E-state index contributed by atoms with van der Waals surface area (Å²) in [5.41, 5.74) is 4.09. The standard InChI is InChI=1S/C24H21F2N3O/c25-23(26)29-20-5-8-28-14-19(20)18-3-1-16(12-21(18)29)15-2-4-22-17(11-15)13-24(30-22)6-9-27-10-7-24/h1-5,8,11-12,14,23,27H,6-7,9-10,13H2. The Balaban J connectivity index is 1.45. The van der Waals surface area contributed by atoms with E-state index in [1.165, 1.54) is 5.56 Å². The van der Waals surface area contributed by atoms with Crippen molar-refractivity contribution >= 4 is 21.8 Å². The number of hydrogen-bond donors (Lipinski definition) is 1. The monoisotopic (exact) mass is 405 g/mol. The molecule has 0 amide bonds. The van der Waals surface area contributed by atoms with Gasteiger partial charge in [-0.1, -0.05) is 18.2 Å². The normalized spacial score (nSPS) is 17.7. The van der Waals surface area contributed by atoms with E-state index in [0.717, 1.165) is 64.6 Å². The molecule has 30 heavy (non-hydrogen) atoms. The van der Waals surface area contributed by atoms with Crippen LogP contribution < -0.4 is 10.1 Å². The number of nitrogens with zero attached hydrogens (tertiary/aromatic N) is 2. The van der Waals surface area contributed by atoms with Crippen molar-refractivity contribution in [1.82, 2.24) is 14.9 Å². The van der Waals surface area contributed by atoms with Gasteiger partial charge in [0.05, 0.1) is 11.0 Å². The summed E-state index contributed by atoms with van der Waals surface area (Å²) in [6, 6.07) is 13.6. The van der Waals surface area contributed by atoms with E-state index in [2.05, 4.69) is 16.4 Å². The van der Waals surface area contributed by atoms with Gasteiger partial charge < -0.3 is 10.1 Å². The zero-order chi connectivity index (χ0) is 20.3. The average Bonchev–Trinajstić information content (AvgIpc) is 3.28. The molecule has 0 radical (unpaired) electrons. The number of nitrogens with one attached hydrogen (secondary N) is 1. The van der Waals surface area contributed by atoms with Crippen LogP contribution in [0.25, 0.3) is 32.9 Å². The van der Waals surface area contributed by atoms with Crippen LogP contribution in [0.15, 0.2) is 54.9 Å². The van der Waals surface area contributed by atoms with Gasteiger partial charge in [-0.25, -0.2) is 0 Å². The van der Waals surface area contributed by atoms with Crippen LogP contribution in [0.2, 0.25) is 0 Å². The minimum Gasteiger partial charge on any atom is -0.487 e. The number of hydrogen-bond acceptors (Lipinski definition) is 3. The lowest BCUT2D eigenvalue weighted by Crippen LogP contribution is -2.45. The molecule has 0 unspecified atom stereocenters. The molecule has 0 saturated carbocycles. The van der Waals surface area contributed by atoms with Crippen LogP contribution in [0.3, 0.4) is 0 Å². The lowest BCUT2D eigenvalue weighted by atomic mass is 9.87. The number of benzene rings is 2. The number of alkyl halides is 2. The molecule has 4 heterocycles. The van der Waals surface area contributed by atoms with E-state index in [-0.39, 0.29) is 5.60 Å². The lowest BCUT2D eigenvalue weighted by Gasteiger charge is -2.33. The van der Waals surface area contributed by atoms with E-state index >= 15 is 0 Å². The maximum Gasteiger partial charge on any atom is 0.319 e. The predicted octanol–water partition coefficient (Wildman–Crippen LogP) is 5.31. The van der Waals surface area contributed by atoms with Gasteiger partial charge in [0.15, 0.2) is 0 Å². The van der Waals surface area contributed by atoms with Crippen LogP contribution in [0.4, 0.5) is 8.78 Å². The van der Waals surface area contributed by atoms with Crippen molar-refractivity contribution in [2.45, 2.75) is 31.4 Å². The lowest BCUT2D eigenvalue weighted by molar-refractivity contribution is 0.0600. The van der Waals surface area contributed by atoms with Crippen LogP contribution in [0, 0.1) is 0 Å². The minimum absolute atomic E-state index is 0.0920. The van der Waals surface area contributed by atoms with E-state index in [1.807, 2.05) is 30.3 Å². The van der Waals surface area contributed by atoms with Crippen molar-refractivity contribution in [2.75, 3.05) is 13.1 Å². The molecule has 1 fully saturated rings. The molecule has 152 valence electrons. The molecule has 2 aliphatic rings. The van der Waals surface area contributed by atoms with Gasteiger partial charge in [0.25, 0.3) is 0 Å². The van der Waals surface area contributed by atoms with E-state index in [0.29, 0.717) is 11.0 Å². The number of pyridine rings is 1. The van der Waals surface area contributed by atoms with Gasteiger partial charge in [0.1, 0.15) is 11.4 Å². The van der Waals surface area contributed by atoms with Gasteiger partial charge >= 0.3 is 6.55 Å². The molecule has 1 saturated heterocycles. The molecule has 6 heteroatoms. The molecule has 0 aliphatic carbocycles. The summed E-state index contributed by atoms with van der Waals surface area (Å²) >= 11 is 0. The third-order valence-corrected chi connectivity index (χ3v) is 6.55. The zero-order valence-electron chi connectivity index (χ0n) is 16.4. The number of ether oxygens (including phenoxy) is 1. The fourth-order valence-electron chi connectivity index (χ4n) is 5.06. The highest BCUT2D eigenvalue weighted by Crippen LogP contribution is 2.42. The number of piperidine rings is 1. The fraction of sp³-hybridized carbons (Fsp3) is 0.292. The van der Waals surface area contributed by atoms with Gasteiger partial charge in [-0.05, 0) is 66.9 Å². The van der Waals surface area contributed by atoms with Gasteiger partial charge in [-0.3, -0.25) is 9.55 Å². The molecule has 1 N–H and O–H groups in total. The van der Waals surface area contributed by atoms with Crippen LogP contribution in [-0.4, -0.2) is 28.2 Å². The third kappa shape index (κ3) is 2.63. The van der Waals surface area contributed by atoms with Gasteiger partial charge in [0.2, 0.25) is 0 Å². The van der Waals surface area contributed by atoms with Gasteiger partial charge in [0, 0.05) is 29.6 Å². The molecule has 4 aromatic rings. The maximum atomic E-state index is 13.9. The van der Waals surface area contributed by atoms with Crippen LogP contribution in [0.1, 0.15) is 25.0 Å². The van der Waals surface area contributed by atoms with Crippen LogP contribution >= 0.6 is 0 Å². The molecule has 2 aliphatic heterocycles. The molecule has 0 bridgehead atoms. The summed E-state index contributed by atoms with van der Waals surface area (Å²) < 4.78 is 35.2. The average molecular weight is 405 g/mol. The van der Waals surface area contributed by atoms with Crippen LogP contribution in [0.5, 0.6) is 5.75 Å². The molecule has 6 rings (SSSR count). The Morgan fingerprint density at radius 1 is 0.967 bits per heavy atom. The quantitative estimate of drug-likeness (QED) is 0.491. The Labute approximate surface area is 172 Å². The molecular weight excluding hydrogens is 384 g/mol. The van der Waals surface area contributed by atoms with E-state index < -0.39 is 6.55 Å². The smallest absolute Gasteiger partial charge is 0.319 e. The summed E-state index contributed by atoms with van der Waals surface area (Å²) in [6.45, 7) is -0.661. The van der Waals surface area contributed by atoms with E-state index in [9.17, 15) is 8.78 Å². The van der Waals surface area contributed by atoms with E-state index in [1.54, 1.807) is 18.5 Å². The Morgan fingerprint density at radius 2 is 1.77 bits per heavy atom. The van der Waals surface area contributed by atoms with Gasteiger partial charge in [-0.15, -0.1) is 0 Å². The fourth-order valence-corrected chi connectivity index (χ4v) is 5.06. The molecule has 2 aromatic carbocycles. The highest BCUT2D eigenvalue weighted by atomic mass is 19.3. The number of rotatable bonds is 2.